The number of nitrogens with zero attached hydrogens (tertiary/aromatic N) is 8. The van der Waals surface area contributed by atoms with Gasteiger partial charge in [0.05, 0.1) is 17.5 Å². The Kier molecular flexibility index (Phi) is 8.88. The molecular formula is C36H42N8O3S. The summed E-state index contributed by atoms with van der Waals surface area (Å²) in [7, 11) is 5.81. The Morgan fingerprint density at radius 1 is 1.02 bits per heavy atom. The van der Waals surface area contributed by atoms with Crippen molar-refractivity contribution in [2.45, 2.75) is 43.9 Å². The molecule has 6 heterocycles. The van der Waals surface area contributed by atoms with Crippen molar-refractivity contribution in [3.8, 4) is 10.6 Å². The number of carbonyl (C=O) groups is 1. The van der Waals surface area contributed by atoms with Gasteiger partial charge in [-0.25, -0.2) is 15.0 Å². The third-order valence-electron chi connectivity index (χ3n) is 9.95. The van der Waals surface area contributed by atoms with Crippen molar-refractivity contribution in [3.05, 3.63) is 94.2 Å². The first-order valence-corrected chi connectivity index (χ1v) is 17.4. The molecule has 2 saturated heterocycles. The molecule has 1 N–H and O–H groups in total. The topological polar surface area (TPSA) is 113 Å². The second-order valence-electron chi connectivity index (χ2n) is 13.5. The van der Waals surface area contributed by atoms with E-state index in [0.717, 1.165) is 42.4 Å². The second-order valence-corrected chi connectivity index (χ2v) is 14.6. The number of piperidine rings is 2. The van der Waals surface area contributed by atoms with Crippen LogP contribution < -0.4 is 10.5 Å². The Morgan fingerprint density at radius 2 is 1.81 bits per heavy atom. The fraction of sp³-hybridized carbons (Fsp3) is 0.417. The van der Waals surface area contributed by atoms with Crippen molar-refractivity contribution in [1.29, 1.82) is 0 Å². The molecule has 4 aromatic heterocycles. The van der Waals surface area contributed by atoms with E-state index in [1.807, 2.05) is 78.4 Å². The molecular weight excluding hydrogens is 625 g/mol. The highest BCUT2D eigenvalue weighted by atomic mass is 32.1. The number of hydrogen-bond acceptors (Lipinski definition) is 9. The van der Waals surface area contributed by atoms with Crippen LogP contribution in [0.25, 0.3) is 21.6 Å². The van der Waals surface area contributed by atoms with E-state index in [1.54, 1.807) is 17.4 Å². The molecule has 1 aromatic carbocycles. The highest BCUT2D eigenvalue weighted by Gasteiger charge is 2.41. The Bertz CT molecular complexity index is 1940. The largest absolute Gasteiger partial charge is 0.388 e. The zero-order valence-corrected chi connectivity index (χ0v) is 28.5. The molecule has 0 unspecified atom stereocenters. The van der Waals surface area contributed by atoms with Gasteiger partial charge in [-0.2, -0.15) is 0 Å². The van der Waals surface area contributed by atoms with Crippen LogP contribution in [-0.2, 0) is 24.9 Å². The minimum Gasteiger partial charge on any atom is -0.388 e. The molecule has 5 aromatic rings. The first-order chi connectivity index (χ1) is 23.2. The van der Waals surface area contributed by atoms with Gasteiger partial charge in [-0.05, 0) is 49.6 Å². The lowest BCUT2D eigenvalue weighted by Gasteiger charge is -2.43. The van der Waals surface area contributed by atoms with E-state index in [0.29, 0.717) is 37.0 Å². The minimum atomic E-state index is -1.08. The molecule has 0 radical (unpaired) electrons. The molecule has 0 saturated carbocycles. The fourth-order valence-electron chi connectivity index (χ4n) is 7.15. The summed E-state index contributed by atoms with van der Waals surface area (Å²) in [6.45, 7) is 3.46. The lowest BCUT2D eigenvalue weighted by molar-refractivity contribution is -0.142. The van der Waals surface area contributed by atoms with Crippen LogP contribution >= 0.6 is 11.3 Å². The van der Waals surface area contributed by atoms with Crippen LogP contribution in [0.3, 0.4) is 0 Å². The lowest BCUT2D eigenvalue weighted by atomic mass is 9.79. The number of hydrogen-bond donors (Lipinski definition) is 1. The van der Waals surface area contributed by atoms with Gasteiger partial charge in [-0.1, -0.05) is 30.3 Å². The summed E-state index contributed by atoms with van der Waals surface area (Å²) in [5.74, 6) is 0.991. The van der Waals surface area contributed by atoms with Crippen LogP contribution in [0.4, 0.5) is 5.82 Å². The standard InChI is InChI=1S/C36H42N8O3S/c1-40(2)31-10-9-26(19-37-31)33-38-20-27(48-33)21-42-16-12-28(30(22-42)25-7-5-4-6-8-25)34(45)43-17-13-36(47,14-18-43)23-44-24-39-32-29(35(44)46)11-15-41(32)3/h4-11,15,19-20,24,28,30,47H,12-14,16-18,21-23H2,1-3H3/t28-,30+/m1/s1. The molecule has 0 aliphatic carbocycles. The monoisotopic (exact) mass is 666 g/mol. The maximum absolute atomic E-state index is 14.1. The van der Waals surface area contributed by atoms with Gasteiger partial charge in [0.2, 0.25) is 5.91 Å². The maximum Gasteiger partial charge on any atom is 0.262 e. The van der Waals surface area contributed by atoms with E-state index in [4.69, 9.17) is 4.98 Å². The SMILES string of the molecule is CN(C)c1ccc(-c2ncc(CN3CC[C@@H](C(=O)N4CCC(O)(Cn5cnc6c(ccn6C)c5=O)CC4)[C@H](c4ccccc4)C3)s2)cn1. The summed E-state index contributed by atoms with van der Waals surface area (Å²) in [4.78, 5) is 48.4. The number of aromatic nitrogens is 5. The molecule has 250 valence electrons. The van der Waals surface area contributed by atoms with Crippen molar-refractivity contribution in [3.63, 3.8) is 0 Å². The number of benzene rings is 1. The van der Waals surface area contributed by atoms with E-state index < -0.39 is 5.60 Å². The van der Waals surface area contributed by atoms with Gasteiger partial charge in [0, 0.05) is 88.2 Å². The van der Waals surface area contributed by atoms with Gasteiger partial charge in [-0.3, -0.25) is 19.1 Å². The van der Waals surface area contributed by atoms with Crippen LogP contribution in [0.15, 0.2) is 78.2 Å². The average molecular weight is 667 g/mol. The van der Waals surface area contributed by atoms with Crippen LogP contribution in [-0.4, -0.2) is 90.8 Å². The number of thiazole rings is 1. The zero-order valence-electron chi connectivity index (χ0n) is 27.7. The van der Waals surface area contributed by atoms with Crippen LogP contribution in [0.2, 0.25) is 0 Å². The molecule has 2 fully saturated rings. The molecule has 2 aliphatic rings. The molecule has 11 nitrogen and oxygen atoms in total. The molecule has 0 spiro atoms. The van der Waals surface area contributed by atoms with E-state index >= 15 is 0 Å². The highest BCUT2D eigenvalue weighted by molar-refractivity contribution is 7.15. The number of rotatable bonds is 8. The maximum atomic E-state index is 14.1. The number of aliphatic hydroxyl groups is 1. The fourth-order valence-corrected chi connectivity index (χ4v) is 8.10. The molecule has 48 heavy (non-hydrogen) atoms. The van der Waals surface area contributed by atoms with Gasteiger partial charge < -0.3 is 19.5 Å². The third kappa shape index (κ3) is 6.52. The lowest BCUT2D eigenvalue weighted by Crippen LogP contribution is -2.53. The number of pyridine rings is 1. The second kappa shape index (κ2) is 13.3. The summed E-state index contributed by atoms with van der Waals surface area (Å²) in [6, 6.07) is 16.2. The predicted octanol–water partition coefficient (Wildman–Crippen LogP) is 3.98. The Labute approximate surface area is 284 Å². The Hall–Kier alpha value is -4.39. The van der Waals surface area contributed by atoms with Gasteiger partial charge in [0.25, 0.3) is 5.56 Å². The number of carbonyl (C=O) groups excluding carboxylic acids is 1. The smallest absolute Gasteiger partial charge is 0.262 e. The molecule has 2 atom stereocenters. The summed E-state index contributed by atoms with van der Waals surface area (Å²) in [5, 5.41) is 13.0. The predicted molar refractivity (Wildman–Crippen MR) is 188 cm³/mol. The molecule has 7 rings (SSSR count). The number of likely N-dealkylation sites (tertiary alicyclic amines) is 2. The van der Waals surface area contributed by atoms with Crippen molar-refractivity contribution in [1.82, 2.24) is 33.9 Å². The van der Waals surface area contributed by atoms with Crippen molar-refractivity contribution >= 4 is 34.1 Å². The normalized spacial score (nSPS) is 19.9. The van der Waals surface area contributed by atoms with Gasteiger partial charge in [-0.15, -0.1) is 11.3 Å². The quantitative estimate of drug-likeness (QED) is 0.265. The van der Waals surface area contributed by atoms with E-state index in [9.17, 15) is 14.7 Å². The summed E-state index contributed by atoms with van der Waals surface area (Å²) >= 11 is 1.69. The van der Waals surface area contributed by atoms with E-state index in [-0.39, 0.29) is 29.8 Å². The molecule has 0 bridgehead atoms. The van der Waals surface area contributed by atoms with Crippen molar-refractivity contribution in [2.24, 2.45) is 13.0 Å². The van der Waals surface area contributed by atoms with Crippen molar-refractivity contribution < 1.29 is 9.90 Å². The third-order valence-corrected chi connectivity index (χ3v) is 11.0. The van der Waals surface area contributed by atoms with Crippen molar-refractivity contribution in [2.75, 3.05) is 45.2 Å². The van der Waals surface area contributed by atoms with Gasteiger partial charge in [0.1, 0.15) is 22.8 Å². The number of anilines is 1. The summed E-state index contributed by atoms with van der Waals surface area (Å²) in [5.41, 5.74) is 1.58. The molecule has 2 aliphatic heterocycles. The van der Waals surface area contributed by atoms with Crippen LogP contribution in [0.1, 0.15) is 35.6 Å². The minimum absolute atomic E-state index is 0.0608. The summed E-state index contributed by atoms with van der Waals surface area (Å²) in [6.07, 6.45) is 8.76. The number of amides is 1. The highest BCUT2D eigenvalue weighted by Crippen LogP contribution is 2.37. The van der Waals surface area contributed by atoms with Gasteiger partial charge in [0.15, 0.2) is 0 Å². The van der Waals surface area contributed by atoms with Crippen LogP contribution in [0, 0.1) is 5.92 Å². The molecule has 12 heteroatoms. The van der Waals surface area contributed by atoms with Crippen LogP contribution in [0.5, 0.6) is 0 Å². The zero-order chi connectivity index (χ0) is 33.4. The average Bonchev–Trinajstić information content (AvgIpc) is 3.73. The Balaban J connectivity index is 1.01. The van der Waals surface area contributed by atoms with E-state index in [1.165, 1.54) is 21.3 Å². The summed E-state index contributed by atoms with van der Waals surface area (Å²) < 4.78 is 3.32. The molecule has 1 amide bonds. The number of fused-ring (bicyclic) bond motifs is 1. The number of aryl methyl sites for hydroxylation is 1. The van der Waals surface area contributed by atoms with Gasteiger partial charge >= 0.3 is 0 Å². The first-order valence-electron chi connectivity index (χ1n) is 16.5. The Morgan fingerprint density at radius 3 is 2.54 bits per heavy atom. The van der Waals surface area contributed by atoms with E-state index in [2.05, 4.69) is 33.1 Å². The first kappa shape index (κ1) is 32.2.